The maximum atomic E-state index is 12.8. The molecule has 0 radical (unpaired) electrons. The Morgan fingerprint density at radius 3 is 2.44 bits per heavy atom. The quantitative estimate of drug-likeness (QED) is 0.848. The second-order valence-electron chi connectivity index (χ2n) is 6.27. The summed E-state index contributed by atoms with van der Waals surface area (Å²) in [7, 11) is 1.77. The predicted molar refractivity (Wildman–Crippen MR) is 104 cm³/mol. The summed E-state index contributed by atoms with van der Waals surface area (Å²) in [6.07, 6.45) is 0. The van der Waals surface area contributed by atoms with Gasteiger partial charge in [0, 0.05) is 18.3 Å². The third-order valence-electron chi connectivity index (χ3n) is 4.43. The van der Waals surface area contributed by atoms with Gasteiger partial charge >= 0.3 is 6.03 Å². The van der Waals surface area contributed by atoms with Crippen molar-refractivity contribution >= 4 is 34.8 Å². The van der Waals surface area contributed by atoms with Gasteiger partial charge in [-0.2, -0.15) is 4.99 Å². The molecule has 1 heterocycles. The number of anilines is 2. The monoisotopic (exact) mass is 364 g/mol. The molecule has 1 unspecified atom stereocenters. The number of carbonyl (C=O) groups is 3. The largest absolute Gasteiger partial charge is 0.345 e. The molecule has 138 valence electrons. The number of aliphatic imine (C=N–C) groups is 1. The van der Waals surface area contributed by atoms with Gasteiger partial charge in [0.15, 0.2) is 5.78 Å². The van der Waals surface area contributed by atoms with Crippen LogP contribution in [0.4, 0.5) is 16.2 Å². The molecule has 3 amide bonds. The van der Waals surface area contributed by atoms with E-state index in [9.17, 15) is 14.4 Å². The second-order valence-corrected chi connectivity index (χ2v) is 6.27. The molecular formula is C20H20N4O3. The number of urea groups is 1. The molecule has 2 aromatic rings. The summed E-state index contributed by atoms with van der Waals surface area (Å²) in [6, 6.07) is 14.7. The van der Waals surface area contributed by atoms with Crippen LogP contribution >= 0.6 is 0 Å². The van der Waals surface area contributed by atoms with Crippen LogP contribution < -0.4 is 10.3 Å². The minimum absolute atomic E-state index is 0.0999. The Balaban J connectivity index is 1.82. The molecule has 2 aromatic carbocycles. The average molecular weight is 364 g/mol. The van der Waals surface area contributed by atoms with Crippen LogP contribution in [0.1, 0.15) is 24.2 Å². The molecule has 0 spiro atoms. The van der Waals surface area contributed by atoms with E-state index in [-0.39, 0.29) is 23.4 Å². The third kappa shape index (κ3) is 3.78. The zero-order chi connectivity index (χ0) is 19.6. The SMILES string of the molecule is CC(=O)c1cccc(NC(=O)N=C2C(=O)N(c3ccccc3)N(C)C2C)c1. The minimum atomic E-state index is -0.658. The first-order valence-corrected chi connectivity index (χ1v) is 8.51. The smallest absolute Gasteiger partial charge is 0.306 e. The number of para-hydroxylation sites is 1. The molecule has 1 N–H and O–H groups in total. The fraction of sp³-hybridized carbons (Fsp3) is 0.200. The van der Waals surface area contributed by atoms with E-state index >= 15 is 0 Å². The van der Waals surface area contributed by atoms with Crippen molar-refractivity contribution in [2.45, 2.75) is 19.9 Å². The van der Waals surface area contributed by atoms with Crippen LogP contribution in [0.2, 0.25) is 0 Å². The van der Waals surface area contributed by atoms with E-state index in [4.69, 9.17) is 0 Å². The number of amides is 3. The van der Waals surface area contributed by atoms with Crippen LogP contribution in [0, 0.1) is 0 Å². The number of hydrazine groups is 1. The molecule has 0 bridgehead atoms. The van der Waals surface area contributed by atoms with Crippen LogP contribution in [-0.4, -0.2) is 41.5 Å². The van der Waals surface area contributed by atoms with E-state index in [0.717, 1.165) is 0 Å². The number of hydrogen-bond donors (Lipinski definition) is 1. The van der Waals surface area contributed by atoms with Crippen LogP contribution in [-0.2, 0) is 4.79 Å². The summed E-state index contributed by atoms with van der Waals surface area (Å²) in [4.78, 5) is 40.5. The van der Waals surface area contributed by atoms with Gasteiger partial charge in [-0.1, -0.05) is 30.3 Å². The van der Waals surface area contributed by atoms with Crippen molar-refractivity contribution in [2.75, 3.05) is 17.4 Å². The third-order valence-corrected chi connectivity index (χ3v) is 4.43. The number of ketones is 1. The van der Waals surface area contributed by atoms with Gasteiger partial charge in [0.25, 0.3) is 5.91 Å². The van der Waals surface area contributed by atoms with Crippen LogP contribution in [0.5, 0.6) is 0 Å². The Morgan fingerprint density at radius 2 is 1.78 bits per heavy atom. The first kappa shape index (κ1) is 18.5. The highest BCUT2D eigenvalue weighted by Gasteiger charge is 2.40. The van der Waals surface area contributed by atoms with Crippen molar-refractivity contribution < 1.29 is 14.4 Å². The summed E-state index contributed by atoms with van der Waals surface area (Å²) in [5.41, 5.74) is 1.79. The highest BCUT2D eigenvalue weighted by Crippen LogP contribution is 2.24. The Kier molecular flexibility index (Phi) is 5.14. The Morgan fingerprint density at radius 1 is 1.07 bits per heavy atom. The standard InChI is InChI=1S/C20H20N4O3/c1-13-18(19(26)24(23(13)3)17-10-5-4-6-11-17)22-20(27)21-16-9-7-8-15(12-16)14(2)25/h4-13H,1-3H3,(H,21,27). The van der Waals surface area contributed by atoms with Crippen LogP contribution in [0.15, 0.2) is 59.6 Å². The zero-order valence-corrected chi connectivity index (χ0v) is 15.3. The van der Waals surface area contributed by atoms with Gasteiger partial charge < -0.3 is 5.32 Å². The van der Waals surface area contributed by atoms with Crippen molar-refractivity contribution in [1.82, 2.24) is 5.01 Å². The summed E-state index contributed by atoms with van der Waals surface area (Å²) in [5.74, 6) is -0.444. The Labute approximate surface area is 157 Å². The molecule has 7 heteroatoms. The average Bonchev–Trinajstić information content (AvgIpc) is 2.86. The molecular weight excluding hydrogens is 344 g/mol. The van der Waals surface area contributed by atoms with Gasteiger partial charge in [0.2, 0.25) is 0 Å². The van der Waals surface area contributed by atoms with Crippen molar-refractivity contribution in [3.8, 4) is 0 Å². The fourth-order valence-electron chi connectivity index (χ4n) is 2.87. The fourth-order valence-corrected chi connectivity index (χ4v) is 2.87. The first-order chi connectivity index (χ1) is 12.9. The van der Waals surface area contributed by atoms with E-state index in [1.165, 1.54) is 11.9 Å². The van der Waals surface area contributed by atoms with Gasteiger partial charge in [0.05, 0.1) is 11.7 Å². The van der Waals surface area contributed by atoms with E-state index in [2.05, 4.69) is 10.3 Å². The lowest BCUT2D eigenvalue weighted by molar-refractivity contribution is -0.113. The van der Waals surface area contributed by atoms with Gasteiger partial charge in [-0.15, -0.1) is 0 Å². The minimum Gasteiger partial charge on any atom is -0.306 e. The van der Waals surface area contributed by atoms with E-state index in [1.54, 1.807) is 36.3 Å². The number of nitrogens with zero attached hydrogens (tertiary/aromatic N) is 3. The number of rotatable bonds is 3. The predicted octanol–water partition coefficient (Wildman–Crippen LogP) is 3.14. The number of nitrogens with one attached hydrogen (secondary N) is 1. The van der Waals surface area contributed by atoms with Gasteiger partial charge in [-0.3, -0.25) is 9.59 Å². The molecule has 0 saturated carbocycles. The van der Waals surface area contributed by atoms with Gasteiger partial charge in [-0.05, 0) is 38.1 Å². The number of carbonyl (C=O) groups excluding carboxylic acids is 3. The highest BCUT2D eigenvalue weighted by molar-refractivity contribution is 6.48. The van der Waals surface area contributed by atoms with Crippen molar-refractivity contribution in [1.29, 1.82) is 0 Å². The van der Waals surface area contributed by atoms with Gasteiger partial charge in [-0.25, -0.2) is 14.8 Å². The first-order valence-electron chi connectivity index (χ1n) is 8.51. The summed E-state index contributed by atoms with van der Waals surface area (Å²) < 4.78 is 0. The number of Topliss-reactive ketones (excluding diaryl/α,β-unsaturated/α-hetero) is 1. The zero-order valence-electron chi connectivity index (χ0n) is 15.3. The summed E-state index contributed by atoms with van der Waals surface area (Å²) in [5, 5.41) is 5.84. The van der Waals surface area contributed by atoms with E-state index in [1.807, 2.05) is 37.3 Å². The van der Waals surface area contributed by atoms with Crippen LogP contribution in [0.3, 0.4) is 0 Å². The maximum absolute atomic E-state index is 12.8. The Hall–Kier alpha value is -3.32. The van der Waals surface area contributed by atoms with Crippen molar-refractivity contribution in [3.63, 3.8) is 0 Å². The molecule has 7 nitrogen and oxygen atoms in total. The molecule has 27 heavy (non-hydrogen) atoms. The normalized spacial score (nSPS) is 18.8. The van der Waals surface area contributed by atoms with Crippen LogP contribution in [0.25, 0.3) is 0 Å². The molecule has 1 fully saturated rings. The van der Waals surface area contributed by atoms with Crippen molar-refractivity contribution in [2.24, 2.45) is 4.99 Å². The van der Waals surface area contributed by atoms with Crippen molar-refractivity contribution in [3.05, 3.63) is 60.2 Å². The van der Waals surface area contributed by atoms with E-state index in [0.29, 0.717) is 16.9 Å². The molecule has 3 rings (SSSR count). The number of benzene rings is 2. The second kappa shape index (κ2) is 7.51. The number of hydrogen-bond acceptors (Lipinski definition) is 4. The topological polar surface area (TPSA) is 82.1 Å². The lowest BCUT2D eigenvalue weighted by atomic mass is 10.1. The molecule has 0 aliphatic carbocycles. The molecule has 1 saturated heterocycles. The summed E-state index contributed by atoms with van der Waals surface area (Å²) >= 11 is 0. The van der Waals surface area contributed by atoms with E-state index < -0.39 is 6.03 Å². The Bertz CT molecular complexity index is 924. The maximum Gasteiger partial charge on any atom is 0.345 e. The lowest BCUT2D eigenvalue weighted by Gasteiger charge is -2.25. The molecule has 1 atom stereocenters. The molecule has 1 aliphatic heterocycles. The van der Waals surface area contributed by atoms with Gasteiger partial charge in [0.1, 0.15) is 5.71 Å². The highest BCUT2D eigenvalue weighted by atomic mass is 16.2. The molecule has 0 aromatic heterocycles. The summed E-state index contributed by atoms with van der Waals surface area (Å²) in [6.45, 7) is 3.26. The lowest BCUT2D eigenvalue weighted by Crippen LogP contribution is -2.38. The molecule has 1 aliphatic rings.